The topological polar surface area (TPSA) is 127 Å². The third kappa shape index (κ3) is 3.65. The van der Waals surface area contributed by atoms with Gasteiger partial charge in [0, 0.05) is 11.9 Å². The van der Waals surface area contributed by atoms with Gasteiger partial charge in [-0.3, -0.25) is 9.59 Å². The minimum atomic E-state index is -3.83. The van der Waals surface area contributed by atoms with Gasteiger partial charge in [-0.25, -0.2) is 13.6 Å². The normalized spacial score (nSPS) is 17.9. The molecule has 4 N–H and O–H groups in total. The van der Waals surface area contributed by atoms with Gasteiger partial charge < -0.3 is 10.4 Å². The standard InChI is InChI=1S/C13H18N2O5S2/c14-22(19,20)10-6-9(7-21-10)11(16)15-8-13(12(17)18)4-2-1-3-5-13/h6-7H,1-5,8H2,(H,15,16)(H,17,18)(H2,14,19,20). The molecule has 0 spiro atoms. The molecule has 0 radical (unpaired) electrons. The van der Waals surface area contributed by atoms with Crippen molar-refractivity contribution in [2.45, 2.75) is 36.3 Å². The Morgan fingerprint density at radius 2 is 1.95 bits per heavy atom. The van der Waals surface area contributed by atoms with Crippen LogP contribution in [-0.4, -0.2) is 31.9 Å². The van der Waals surface area contributed by atoms with E-state index >= 15 is 0 Å². The summed E-state index contributed by atoms with van der Waals surface area (Å²) in [6.45, 7) is 0.0434. The lowest BCUT2D eigenvalue weighted by atomic mass is 9.74. The number of hydrogen-bond donors (Lipinski definition) is 3. The number of carbonyl (C=O) groups excluding carboxylic acids is 1. The van der Waals surface area contributed by atoms with Gasteiger partial charge >= 0.3 is 5.97 Å². The number of amides is 1. The van der Waals surface area contributed by atoms with Crippen LogP contribution >= 0.6 is 11.3 Å². The van der Waals surface area contributed by atoms with Gasteiger partial charge in [-0.05, 0) is 18.9 Å². The first kappa shape index (κ1) is 16.9. The molecule has 0 aromatic carbocycles. The minimum absolute atomic E-state index is 0.0434. The van der Waals surface area contributed by atoms with Crippen molar-refractivity contribution in [3.05, 3.63) is 17.0 Å². The molecule has 1 amide bonds. The van der Waals surface area contributed by atoms with E-state index in [1.807, 2.05) is 0 Å². The predicted octanol–water partition coefficient (Wildman–Crippen LogP) is 1.16. The fourth-order valence-electron chi connectivity index (χ4n) is 2.63. The van der Waals surface area contributed by atoms with Crippen molar-refractivity contribution in [2.24, 2.45) is 10.6 Å². The highest BCUT2D eigenvalue weighted by molar-refractivity contribution is 7.91. The number of sulfonamides is 1. The summed E-state index contributed by atoms with van der Waals surface area (Å²) in [6, 6.07) is 1.20. The van der Waals surface area contributed by atoms with Crippen molar-refractivity contribution in [1.29, 1.82) is 0 Å². The number of nitrogens with one attached hydrogen (secondary N) is 1. The van der Waals surface area contributed by atoms with E-state index in [9.17, 15) is 23.1 Å². The summed E-state index contributed by atoms with van der Waals surface area (Å²) < 4.78 is 22.3. The smallest absolute Gasteiger partial charge is 0.311 e. The molecule has 0 unspecified atom stereocenters. The first-order valence-electron chi connectivity index (χ1n) is 6.88. The molecular formula is C13H18N2O5S2. The molecule has 1 fully saturated rings. The van der Waals surface area contributed by atoms with E-state index in [2.05, 4.69) is 5.32 Å². The van der Waals surface area contributed by atoms with E-state index in [1.54, 1.807) is 0 Å². The molecular weight excluding hydrogens is 328 g/mol. The molecule has 9 heteroatoms. The average Bonchev–Trinajstić information content (AvgIpc) is 2.95. The Labute approximate surface area is 132 Å². The van der Waals surface area contributed by atoms with Crippen LogP contribution in [0.2, 0.25) is 0 Å². The van der Waals surface area contributed by atoms with E-state index in [1.165, 1.54) is 11.4 Å². The van der Waals surface area contributed by atoms with E-state index in [0.29, 0.717) is 12.8 Å². The van der Waals surface area contributed by atoms with Gasteiger partial charge in [0.25, 0.3) is 5.91 Å². The monoisotopic (exact) mass is 346 g/mol. The zero-order valence-electron chi connectivity index (χ0n) is 11.9. The molecule has 1 aliphatic rings. The van der Waals surface area contributed by atoms with Crippen LogP contribution < -0.4 is 10.5 Å². The van der Waals surface area contributed by atoms with Crippen LogP contribution in [-0.2, 0) is 14.8 Å². The lowest BCUT2D eigenvalue weighted by Crippen LogP contribution is -2.44. The summed E-state index contributed by atoms with van der Waals surface area (Å²) in [5, 5.41) is 18.4. The Kier molecular flexibility index (Phi) is 4.88. The lowest BCUT2D eigenvalue weighted by Gasteiger charge is -2.33. The summed E-state index contributed by atoms with van der Waals surface area (Å²) in [5.41, 5.74) is -0.752. The second-order valence-electron chi connectivity index (χ2n) is 5.53. The maximum Gasteiger partial charge on any atom is 0.311 e. The third-order valence-electron chi connectivity index (χ3n) is 3.97. The van der Waals surface area contributed by atoms with Gasteiger partial charge in [-0.2, -0.15) is 0 Å². The molecule has 1 aromatic rings. The molecule has 22 heavy (non-hydrogen) atoms. The summed E-state index contributed by atoms with van der Waals surface area (Å²) in [4.78, 5) is 23.6. The Morgan fingerprint density at radius 1 is 1.32 bits per heavy atom. The number of carboxylic acid groups (broad SMARTS) is 1. The van der Waals surface area contributed by atoms with Gasteiger partial charge in [0.2, 0.25) is 10.0 Å². The predicted molar refractivity (Wildman–Crippen MR) is 81.2 cm³/mol. The Hall–Kier alpha value is -1.45. The Morgan fingerprint density at radius 3 is 2.45 bits per heavy atom. The minimum Gasteiger partial charge on any atom is -0.481 e. The maximum absolute atomic E-state index is 12.1. The highest BCUT2D eigenvalue weighted by Gasteiger charge is 2.39. The number of hydrogen-bond acceptors (Lipinski definition) is 5. The SMILES string of the molecule is NS(=O)(=O)c1cc(C(=O)NCC2(C(=O)O)CCCCC2)cs1. The van der Waals surface area contributed by atoms with Crippen LogP contribution in [0.4, 0.5) is 0 Å². The lowest BCUT2D eigenvalue weighted by molar-refractivity contribution is -0.150. The summed E-state index contributed by atoms with van der Waals surface area (Å²) in [7, 11) is -3.83. The molecule has 2 rings (SSSR count). The molecule has 1 aromatic heterocycles. The summed E-state index contributed by atoms with van der Waals surface area (Å²) >= 11 is 0.862. The molecule has 0 bridgehead atoms. The van der Waals surface area contributed by atoms with E-state index in [0.717, 1.165) is 30.6 Å². The maximum atomic E-state index is 12.1. The molecule has 1 aliphatic carbocycles. The second-order valence-corrected chi connectivity index (χ2v) is 8.23. The second kappa shape index (κ2) is 6.35. The Bertz CT molecular complexity index is 674. The van der Waals surface area contributed by atoms with Crippen molar-refractivity contribution in [1.82, 2.24) is 5.32 Å². The van der Waals surface area contributed by atoms with Crippen LogP contribution in [0.1, 0.15) is 42.5 Å². The molecule has 7 nitrogen and oxygen atoms in total. The van der Waals surface area contributed by atoms with Crippen LogP contribution in [0, 0.1) is 5.41 Å². The fourth-order valence-corrected chi connectivity index (χ4v) is 4.22. The van der Waals surface area contributed by atoms with Gasteiger partial charge in [0.1, 0.15) is 4.21 Å². The fraction of sp³-hybridized carbons (Fsp3) is 0.538. The first-order chi connectivity index (χ1) is 10.2. The van der Waals surface area contributed by atoms with E-state index < -0.39 is 27.3 Å². The summed E-state index contributed by atoms with van der Waals surface area (Å²) in [6.07, 6.45) is 3.74. The van der Waals surface area contributed by atoms with Gasteiger partial charge in [-0.15, -0.1) is 11.3 Å². The molecule has 0 atom stereocenters. The number of carboxylic acids is 1. The molecule has 1 heterocycles. The van der Waals surface area contributed by atoms with Crippen LogP contribution in [0.25, 0.3) is 0 Å². The first-order valence-corrected chi connectivity index (χ1v) is 9.30. The van der Waals surface area contributed by atoms with Crippen LogP contribution in [0.15, 0.2) is 15.7 Å². The number of thiophene rings is 1. The average molecular weight is 346 g/mol. The van der Waals surface area contributed by atoms with Crippen molar-refractivity contribution in [2.75, 3.05) is 6.54 Å². The van der Waals surface area contributed by atoms with Gasteiger partial charge in [-0.1, -0.05) is 19.3 Å². The zero-order valence-corrected chi connectivity index (χ0v) is 13.5. The highest BCUT2D eigenvalue weighted by Crippen LogP contribution is 2.36. The number of carbonyl (C=O) groups is 2. The van der Waals surface area contributed by atoms with Crippen molar-refractivity contribution < 1.29 is 23.1 Å². The number of rotatable bonds is 5. The van der Waals surface area contributed by atoms with Crippen molar-refractivity contribution in [3.8, 4) is 0 Å². The molecule has 0 aliphatic heterocycles. The molecule has 0 saturated heterocycles. The van der Waals surface area contributed by atoms with Crippen molar-refractivity contribution in [3.63, 3.8) is 0 Å². The summed E-state index contributed by atoms with van der Waals surface area (Å²) in [5.74, 6) is -1.39. The molecule has 1 saturated carbocycles. The number of aliphatic carboxylic acids is 1. The zero-order chi connectivity index (χ0) is 16.4. The Balaban J connectivity index is 2.05. The van der Waals surface area contributed by atoms with E-state index in [4.69, 9.17) is 5.14 Å². The van der Waals surface area contributed by atoms with Crippen molar-refractivity contribution >= 4 is 33.2 Å². The largest absolute Gasteiger partial charge is 0.481 e. The van der Waals surface area contributed by atoms with Crippen LogP contribution in [0.5, 0.6) is 0 Å². The highest BCUT2D eigenvalue weighted by atomic mass is 32.2. The van der Waals surface area contributed by atoms with E-state index in [-0.39, 0.29) is 16.3 Å². The quantitative estimate of drug-likeness (QED) is 0.737. The van der Waals surface area contributed by atoms with Gasteiger partial charge in [0.05, 0.1) is 11.0 Å². The molecule has 122 valence electrons. The number of nitrogens with two attached hydrogens (primary N) is 1. The van der Waals surface area contributed by atoms with Crippen LogP contribution in [0.3, 0.4) is 0 Å². The van der Waals surface area contributed by atoms with Gasteiger partial charge in [0.15, 0.2) is 0 Å². The third-order valence-corrected chi connectivity index (χ3v) is 6.36. The number of primary sulfonamides is 1.